The Labute approximate surface area is 105 Å². The van der Waals surface area contributed by atoms with Crippen molar-refractivity contribution in [3.63, 3.8) is 0 Å². The van der Waals surface area contributed by atoms with Crippen LogP contribution in [0.4, 0.5) is 4.79 Å². The maximum Gasteiger partial charge on any atom is 0.326 e. The van der Waals surface area contributed by atoms with Gasteiger partial charge in [-0.05, 0) is 11.8 Å². The van der Waals surface area contributed by atoms with Crippen molar-refractivity contribution in [2.45, 2.75) is 26.3 Å². The lowest BCUT2D eigenvalue weighted by molar-refractivity contribution is -0.145. The lowest BCUT2D eigenvalue weighted by Crippen LogP contribution is -2.48. The fourth-order valence-electron chi connectivity index (χ4n) is 1.91. The average molecular weight is 258 g/mol. The molecule has 0 aromatic rings. The highest BCUT2D eigenvalue weighted by Gasteiger charge is 2.32. The van der Waals surface area contributed by atoms with Crippen molar-refractivity contribution in [3.8, 4) is 0 Å². The number of hydrogen-bond acceptors (Lipinski definition) is 3. The Kier molecular flexibility index (Phi) is 4.52. The van der Waals surface area contributed by atoms with E-state index in [1.807, 2.05) is 13.8 Å². The van der Waals surface area contributed by atoms with Crippen LogP contribution in [0.3, 0.4) is 0 Å². The third-order valence-electron chi connectivity index (χ3n) is 3.25. The van der Waals surface area contributed by atoms with Gasteiger partial charge in [-0.3, -0.25) is 4.79 Å². The van der Waals surface area contributed by atoms with Gasteiger partial charge in [-0.15, -0.1) is 0 Å². The van der Waals surface area contributed by atoms with E-state index in [4.69, 9.17) is 10.2 Å². The molecule has 1 aliphatic rings. The lowest BCUT2D eigenvalue weighted by atomic mass is 10.0. The summed E-state index contributed by atoms with van der Waals surface area (Å²) in [5.74, 6) is -1.88. The monoisotopic (exact) mass is 258 g/mol. The Bertz CT molecular complexity index is 347. The van der Waals surface area contributed by atoms with Crippen LogP contribution >= 0.6 is 0 Å². The van der Waals surface area contributed by atoms with E-state index in [2.05, 4.69) is 5.32 Å². The second kappa shape index (κ2) is 5.70. The molecule has 0 aromatic carbocycles. The largest absolute Gasteiger partial charge is 0.481 e. The van der Waals surface area contributed by atoms with E-state index in [9.17, 15) is 14.4 Å². The summed E-state index contributed by atoms with van der Waals surface area (Å²) < 4.78 is 0. The number of carbonyl (C=O) groups excluding carboxylic acids is 1. The number of nitrogens with one attached hydrogen (secondary N) is 1. The first-order chi connectivity index (χ1) is 8.31. The van der Waals surface area contributed by atoms with E-state index in [1.54, 1.807) is 0 Å². The normalized spacial score (nSPS) is 24.7. The van der Waals surface area contributed by atoms with Crippen molar-refractivity contribution in [2.24, 2.45) is 11.8 Å². The predicted molar refractivity (Wildman–Crippen MR) is 62.1 cm³/mol. The summed E-state index contributed by atoms with van der Waals surface area (Å²) in [4.78, 5) is 34.6. The molecule has 0 aliphatic carbocycles. The molecule has 0 bridgehead atoms. The van der Waals surface area contributed by atoms with Gasteiger partial charge in [0.1, 0.15) is 6.04 Å². The van der Waals surface area contributed by atoms with E-state index in [1.165, 1.54) is 4.90 Å². The Balaban J connectivity index is 2.57. The SMILES string of the molecule is CC1CN(C(=O)N[C@H](CC(=O)O)C(=O)O)CC1C. The van der Waals surface area contributed by atoms with Crippen LogP contribution in [0.15, 0.2) is 0 Å². The van der Waals surface area contributed by atoms with Gasteiger partial charge in [-0.25, -0.2) is 9.59 Å². The number of carboxylic acid groups (broad SMARTS) is 2. The van der Waals surface area contributed by atoms with Gasteiger partial charge in [-0.1, -0.05) is 13.8 Å². The van der Waals surface area contributed by atoms with Crippen molar-refractivity contribution < 1.29 is 24.6 Å². The number of nitrogens with zero attached hydrogens (tertiary/aromatic N) is 1. The molecule has 0 saturated carbocycles. The number of aliphatic carboxylic acids is 2. The zero-order valence-corrected chi connectivity index (χ0v) is 10.4. The zero-order valence-electron chi connectivity index (χ0n) is 10.4. The van der Waals surface area contributed by atoms with Crippen LogP contribution in [0.25, 0.3) is 0 Å². The lowest BCUT2D eigenvalue weighted by Gasteiger charge is -2.20. The minimum absolute atomic E-state index is 0.360. The molecule has 18 heavy (non-hydrogen) atoms. The van der Waals surface area contributed by atoms with Gasteiger partial charge in [-0.2, -0.15) is 0 Å². The summed E-state index contributed by atoms with van der Waals surface area (Å²) in [6.07, 6.45) is -0.625. The summed E-state index contributed by atoms with van der Waals surface area (Å²) in [6.45, 7) is 5.16. The van der Waals surface area contributed by atoms with Gasteiger partial charge in [0.25, 0.3) is 0 Å². The van der Waals surface area contributed by atoms with Gasteiger partial charge >= 0.3 is 18.0 Å². The molecule has 0 radical (unpaired) electrons. The van der Waals surface area contributed by atoms with E-state index in [-0.39, 0.29) is 0 Å². The number of rotatable bonds is 4. The van der Waals surface area contributed by atoms with Crippen LogP contribution < -0.4 is 5.32 Å². The minimum atomic E-state index is -1.39. The van der Waals surface area contributed by atoms with Crippen LogP contribution in [0.5, 0.6) is 0 Å². The molecule has 0 spiro atoms. The summed E-state index contributed by atoms with van der Waals surface area (Å²) in [5, 5.41) is 19.6. The van der Waals surface area contributed by atoms with Crippen molar-refractivity contribution >= 4 is 18.0 Å². The molecule has 1 saturated heterocycles. The third kappa shape index (κ3) is 3.61. The highest BCUT2D eigenvalue weighted by atomic mass is 16.4. The van der Waals surface area contributed by atoms with E-state index >= 15 is 0 Å². The van der Waals surface area contributed by atoms with E-state index < -0.39 is 30.4 Å². The fourth-order valence-corrected chi connectivity index (χ4v) is 1.91. The van der Waals surface area contributed by atoms with Gasteiger partial charge in [0.2, 0.25) is 0 Å². The predicted octanol–water partition coefficient (Wildman–Crippen LogP) is 0.212. The van der Waals surface area contributed by atoms with Crippen LogP contribution in [0.2, 0.25) is 0 Å². The second-order valence-electron chi connectivity index (χ2n) is 4.80. The highest BCUT2D eigenvalue weighted by Crippen LogP contribution is 2.21. The molecule has 2 unspecified atom stereocenters. The molecule has 1 aliphatic heterocycles. The number of hydrogen-bond donors (Lipinski definition) is 3. The molecule has 7 heteroatoms. The maximum absolute atomic E-state index is 11.8. The Hall–Kier alpha value is -1.79. The Morgan fingerprint density at radius 3 is 2.11 bits per heavy atom. The Morgan fingerprint density at radius 2 is 1.72 bits per heavy atom. The summed E-state index contributed by atoms with van der Waals surface area (Å²) in [5.41, 5.74) is 0. The van der Waals surface area contributed by atoms with E-state index in [0.29, 0.717) is 24.9 Å². The quantitative estimate of drug-likeness (QED) is 0.668. The molecule has 102 valence electrons. The fraction of sp³-hybridized carbons (Fsp3) is 0.727. The van der Waals surface area contributed by atoms with Crippen molar-refractivity contribution in [2.75, 3.05) is 13.1 Å². The first-order valence-corrected chi connectivity index (χ1v) is 5.81. The van der Waals surface area contributed by atoms with Gasteiger partial charge in [0.05, 0.1) is 6.42 Å². The molecule has 1 rings (SSSR count). The molecule has 1 fully saturated rings. The van der Waals surface area contributed by atoms with Crippen LogP contribution in [-0.4, -0.2) is 52.2 Å². The zero-order chi connectivity index (χ0) is 13.9. The van der Waals surface area contributed by atoms with Gasteiger partial charge < -0.3 is 20.4 Å². The standard InChI is InChI=1S/C11H18N2O5/c1-6-4-13(5-7(6)2)11(18)12-8(10(16)17)3-9(14)15/h6-8H,3-5H2,1-2H3,(H,12,18)(H,14,15)(H,16,17)/t6?,7?,8-/m1/s1. The van der Waals surface area contributed by atoms with Crippen molar-refractivity contribution in [1.29, 1.82) is 0 Å². The molecule has 2 amide bonds. The first-order valence-electron chi connectivity index (χ1n) is 5.81. The van der Waals surface area contributed by atoms with Gasteiger partial charge in [0.15, 0.2) is 0 Å². The summed E-state index contributed by atoms with van der Waals surface area (Å²) >= 11 is 0. The molecule has 0 aromatic heterocycles. The molecule has 1 heterocycles. The molecular weight excluding hydrogens is 240 g/mol. The van der Waals surface area contributed by atoms with Gasteiger partial charge in [0, 0.05) is 13.1 Å². The number of carbonyl (C=O) groups is 3. The number of urea groups is 1. The van der Waals surface area contributed by atoms with E-state index in [0.717, 1.165) is 0 Å². The summed E-state index contributed by atoms with van der Waals surface area (Å²) in [7, 11) is 0. The third-order valence-corrected chi connectivity index (χ3v) is 3.25. The van der Waals surface area contributed by atoms with Crippen LogP contribution in [0.1, 0.15) is 20.3 Å². The maximum atomic E-state index is 11.8. The smallest absolute Gasteiger partial charge is 0.326 e. The van der Waals surface area contributed by atoms with Crippen LogP contribution in [0, 0.1) is 11.8 Å². The molecule has 3 atom stereocenters. The van der Waals surface area contributed by atoms with Crippen molar-refractivity contribution in [3.05, 3.63) is 0 Å². The van der Waals surface area contributed by atoms with Crippen molar-refractivity contribution in [1.82, 2.24) is 10.2 Å². The Morgan fingerprint density at radius 1 is 1.22 bits per heavy atom. The minimum Gasteiger partial charge on any atom is -0.481 e. The second-order valence-corrected chi connectivity index (χ2v) is 4.80. The van der Waals surface area contributed by atoms with Crippen LogP contribution in [-0.2, 0) is 9.59 Å². The topological polar surface area (TPSA) is 107 Å². The molecular formula is C11H18N2O5. The molecule has 7 nitrogen and oxygen atoms in total. The number of amides is 2. The number of likely N-dealkylation sites (tertiary alicyclic amines) is 1. The highest BCUT2D eigenvalue weighted by molar-refractivity contribution is 5.86. The average Bonchev–Trinajstić information content (AvgIpc) is 2.57. The summed E-state index contributed by atoms with van der Waals surface area (Å²) in [6, 6.07) is -1.90. The number of carboxylic acids is 2. The first kappa shape index (κ1) is 14.3. The molecule has 3 N–H and O–H groups in total.